The van der Waals surface area contributed by atoms with E-state index in [0.29, 0.717) is 12.4 Å². The molecule has 2 fully saturated rings. The summed E-state index contributed by atoms with van der Waals surface area (Å²) >= 11 is 0. The zero-order chi connectivity index (χ0) is 17.2. The summed E-state index contributed by atoms with van der Waals surface area (Å²) in [5, 5.41) is 6.82. The Labute approximate surface area is 146 Å². The van der Waals surface area contributed by atoms with Crippen LogP contribution < -0.4 is 0 Å². The zero-order valence-corrected chi connectivity index (χ0v) is 14.4. The van der Waals surface area contributed by atoms with Gasteiger partial charge >= 0.3 is 6.03 Å². The lowest BCUT2D eigenvalue weighted by Gasteiger charge is -2.36. The van der Waals surface area contributed by atoms with Crippen LogP contribution in [-0.2, 0) is 6.54 Å². The number of aryl methyl sites for hydroxylation is 1. The maximum Gasteiger partial charge on any atom is 0.320 e. The van der Waals surface area contributed by atoms with Crippen LogP contribution in [0.25, 0.3) is 0 Å². The minimum Gasteiger partial charge on any atom is -0.449 e. The van der Waals surface area contributed by atoms with Crippen LogP contribution in [0.5, 0.6) is 0 Å². The highest BCUT2D eigenvalue weighted by atomic mass is 16.3. The molecule has 0 spiro atoms. The SMILES string of the molecule is Cc1nc(CN2CCN(C(=O)N3CC[C@H](c4ncn[nH]4)C3)CC2)co1. The van der Waals surface area contributed by atoms with E-state index in [-0.39, 0.29) is 11.9 Å². The van der Waals surface area contributed by atoms with Crippen molar-refractivity contribution in [2.75, 3.05) is 39.3 Å². The Morgan fingerprint density at radius 1 is 1.28 bits per heavy atom. The quantitative estimate of drug-likeness (QED) is 0.885. The van der Waals surface area contributed by atoms with E-state index < -0.39 is 0 Å². The molecule has 0 radical (unpaired) electrons. The predicted molar refractivity (Wildman–Crippen MR) is 88.8 cm³/mol. The van der Waals surface area contributed by atoms with Gasteiger partial charge in [-0.3, -0.25) is 10.00 Å². The first-order valence-electron chi connectivity index (χ1n) is 8.71. The van der Waals surface area contributed by atoms with Gasteiger partial charge in [0, 0.05) is 58.7 Å². The van der Waals surface area contributed by atoms with Crippen LogP contribution >= 0.6 is 0 Å². The van der Waals surface area contributed by atoms with E-state index in [9.17, 15) is 4.79 Å². The number of nitrogens with one attached hydrogen (secondary N) is 1. The van der Waals surface area contributed by atoms with Gasteiger partial charge in [-0.05, 0) is 6.42 Å². The Morgan fingerprint density at radius 3 is 2.80 bits per heavy atom. The Hall–Kier alpha value is -2.42. The van der Waals surface area contributed by atoms with Gasteiger partial charge in [-0.2, -0.15) is 5.10 Å². The van der Waals surface area contributed by atoms with Gasteiger partial charge in [-0.25, -0.2) is 14.8 Å². The molecule has 2 aliphatic heterocycles. The van der Waals surface area contributed by atoms with Crippen molar-refractivity contribution >= 4 is 6.03 Å². The molecule has 9 heteroatoms. The minimum absolute atomic E-state index is 0.138. The normalized spacial score (nSPS) is 21.9. The van der Waals surface area contributed by atoms with E-state index in [1.165, 1.54) is 6.33 Å². The van der Waals surface area contributed by atoms with Gasteiger partial charge in [-0.15, -0.1) is 0 Å². The lowest BCUT2D eigenvalue weighted by molar-refractivity contribution is 0.114. The first kappa shape index (κ1) is 16.1. The van der Waals surface area contributed by atoms with Crippen molar-refractivity contribution in [3.63, 3.8) is 0 Å². The van der Waals surface area contributed by atoms with Gasteiger partial charge in [0.05, 0.1) is 5.69 Å². The second kappa shape index (κ2) is 6.83. The molecule has 0 aromatic carbocycles. The Morgan fingerprint density at radius 2 is 2.12 bits per heavy atom. The van der Waals surface area contributed by atoms with Gasteiger partial charge in [0.25, 0.3) is 0 Å². The van der Waals surface area contributed by atoms with Crippen molar-refractivity contribution in [3.8, 4) is 0 Å². The molecule has 2 aromatic heterocycles. The number of hydrogen-bond acceptors (Lipinski definition) is 6. The number of rotatable bonds is 3. The van der Waals surface area contributed by atoms with Crippen LogP contribution in [0.15, 0.2) is 17.0 Å². The van der Waals surface area contributed by atoms with Crippen molar-refractivity contribution in [2.45, 2.75) is 25.8 Å². The summed E-state index contributed by atoms with van der Waals surface area (Å²) < 4.78 is 5.25. The van der Waals surface area contributed by atoms with Crippen LogP contribution in [0.3, 0.4) is 0 Å². The summed E-state index contributed by atoms with van der Waals surface area (Å²) in [6, 6.07) is 0.138. The summed E-state index contributed by atoms with van der Waals surface area (Å²) in [7, 11) is 0. The summed E-state index contributed by atoms with van der Waals surface area (Å²) in [5.41, 5.74) is 0.951. The van der Waals surface area contributed by atoms with E-state index in [0.717, 1.165) is 57.2 Å². The summed E-state index contributed by atoms with van der Waals surface area (Å²) in [6.07, 6.45) is 4.17. The fourth-order valence-corrected chi connectivity index (χ4v) is 3.58. The molecule has 2 amide bonds. The number of amides is 2. The fourth-order valence-electron chi connectivity index (χ4n) is 3.58. The first-order chi connectivity index (χ1) is 12.2. The largest absolute Gasteiger partial charge is 0.449 e. The average Bonchev–Trinajstić information content (AvgIpc) is 3.36. The number of carbonyl (C=O) groups excluding carboxylic acids is 1. The third-order valence-electron chi connectivity index (χ3n) is 4.97. The average molecular weight is 345 g/mol. The summed E-state index contributed by atoms with van der Waals surface area (Å²) in [6.45, 7) is 7.33. The van der Waals surface area contributed by atoms with E-state index >= 15 is 0 Å². The highest BCUT2D eigenvalue weighted by Crippen LogP contribution is 2.25. The first-order valence-corrected chi connectivity index (χ1v) is 8.71. The number of H-pyrrole nitrogens is 1. The van der Waals surface area contributed by atoms with Gasteiger partial charge in [0.15, 0.2) is 5.89 Å². The Kier molecular flexibility index (Phi) is 4.39. The molecule has 134 valence electrons. The molecule has 4 rings (SSSR count). The van der Waals surface area contributed by atoms with Crippen LogP contribution in [0.1, 0.15) is 29.7 Å². The van der Waals surface area contributed by atoms with Gasteiger partial charge in [0.1, 0.15) is 18.4 Å². The standard InChI is InChI=1S/C16H23N7O2/c1-12-19-14(10-25-12)9-21-4-6-22(7-5-21)16(24)23-3-2-13(8-23)15-17-11-18-20-15/h10-11,13H,2-9H2,1H3,(H,17,18,20)/t13-/m0/s1. The second-order valence-electron chi connectivity index (χ2n) is 6.71. The van der Waals surface area contributed by atoms with Gasteiger partial charge < -0.3 is 14.2 Å². The zero-order valence-electron chi connectivity index (χ0n) is 14.4. The second-order valence-corrected chi connectivity index (χ2v) is 6.71. The monoisotopic (exact) mass is 345 g/mol. The molecule has 4 heterocycles. The number of hydrogen-bond donors (Lipinski definition) is 1. The Balaban J connectivity index is 1.27. The van der Waals surface area contributed by atoms with E-state index in [4.69, 9.17) is 4.42 Å². The number of carbonyl (C=O) groups is 1. The van der Waals surface area contributed by atoms with Crippen molar-refractivity contribution in [3.05, 3.63) is 30.0 Å². The maximum absolute atomic E-state index is 12.7. The maximum atomic E-state index is 12.7. The predicted octanol–water partition coefficient (Wildman–Crippen LogP) is 0.828. The number of aromatic nitrogens is 4. The van der Waals surface area contributed by atoms with E-state index in [1.807, 2.05) is 16.7 Å². The lowest BCUT2D eigenvalue weighted by Crippen LogP contribution is -2.52. The molecular formula is C16H23N7O2. The molecule has 0 unspecified atom stereocenters. The molecule has 9 nitrogen and oxygen atoms in total. The van der Waals surface area contributed by atoms with Gasteiger partial charge in [0.2, 0.25) is 0 Å². The minimum atomic E-state index is 0.138. The molecule has 1 atom stereocenters. The van der Waals surface area contributed by atoms with Crippen LogP contribution in [0.4, 0.5) is 4.79 Å². The number of nitrogens with zero attached hydrogens (tertiary/aromatic N) is 6. The summed E-state index contributed by atoms with van der Waals surface area (Å²) in [5.74, 6) is 1.84. The fraction of sp³-hybridized carbons (Fsp3) is 0.625. The smallest absolute Gasteiger partial charge is 0.320 e. The van der Waals surface area contributed by atoms with Crippen molar-refractivity contribution in [1.82, 2.24) is 34.9 Å². The van der Waals surface area contributed by atoms with Crippen molar-refractivity contribution in [1.29, 1.82) is 0 Å². The topological polar surface area (TPSA) is 94.4 Å². The molecule has 2 aromatic rings. The van der Waals surface area contributed by atoms with Crippen LogP contribution in [0, 0.1) is 6.92 Å². The number of aromatic amines is 1. The molecule has 2 aliphatic rings. The molecule has 0 bridgehead atoms. The molecule has 25 heavy (non-hydrogen) atoms. The van der Waals surface area contributed by atoms with Gasteiger partial charge in [-0.1, -0.05) is 0 Å². The van der Waals surface area contributed by atoms with E-state index in [2.05, 4.69) is 25.1 Å². The molecular weight excluding hydrogens is 322 g/mol. The number of urea groups is 1. The number of oxazole rings is 1. The molecule has 1 N–H and O–H groups in total. The highest BCUT2D eigenvalue weighted by Gasteiger charge is 2.32. The number of likely N-dealkylation sites (tertiary alicyclic amines) is 1. The molecule has 2 saturated heterocycles. The molecule has 0 saturated carbocycles. The lowest BCUT2D eigenvalue weighted by atomic mass is 10.1. The van der Waals surface area contributed by atoms with Crippen molar-refractivity contribution in [2.24, 2.45) is 0 Å². The third kappa shape index (κ3) is 3.51. The van der Waals surface area contributed by atoms with Crippen LogP contribution in [-0.4, -0.2) is 80.2 Å². The van der Waals surface area contributed by atoms with Crippen molar-refractivity contribution < 1.29 is 9.21 Å². The molecule has 0 aliphatic carbocycles. The van der Waals surface area contributed by atoms with Crippen LogP contribution in [0.2, 0.25) is 0 Å². The Bertz CT molecular complexity index is 706. The number of piperazine rings is 1. The third-order valence-corrected chi connectivity index (χ3v) is 4.97. The highest BCUT2D eigenvalue weighted by molar-refractivity contribution is 5.75. The summed E-state index contributed by atoms with van der Waals surface area (Å²) in [4.78, 5) is 27.5. The van der Waals surface area contributed by atoms with E-state index in [1.54, 1.807) is 6.26 Å².